The lowest BCUT2D eigenvalue weighted by molar-refractivity contribution is -0.384. The van der Waals surface area contributed by atoms with Crippen molar-refractivity contribution in [3.05, 3.63) is 37.9 Å². The maximum atomic E-state index is 12.0. The molecule has 0 heterocycles. The average Bonchev–Trinajstić information content (AvgIpc) is 2.38. The Balaban J connectivity index is 3.01. The Morgan fingerprint density at radius 3 is 2.55 bits per heavy atom. The van der Waals surface area contributed by atoms with Crippen LogP contribution in [0, 0.1) is 10.1 Å². The molecule has 0 fully saturated rings. The van der Waals surface area contributed by atoms with E-state index in [1.165, 1.54) is 7.11 Å². The first-order valence-corrected chi connectivity index (χ1v) is 6.40. The van der Waals surface area contributed by atoms with E-state index in [0.717, 1.165) is 12.1 Å². The highest BCUT2D eigenvalue weighted by atomic mass is 35.5. The molecule has 0 saturated heterocycles. The maximum Gasteiger partial charge on any atom is 0.271 e. The number of nitrogens with zero attached hydrogens (tertiary/aromatic N) is 1. The summed E-state index contributed by atoms with van der Waals surface area (Å²) >= 11 is 11.7. The molecule has 1 rings (SSSR count). The topological polar surface area (TPSA) is 81.5 Å². The minimum Gasteiger partial charge on any atom is -0.377 e. The lowest BCUT2D eigenvalue weighted by Gasteiger charge is -2.23. The number of carbonyl (C=O) groups excluding carboxylic acids is 1. The van der Waals surface area contributed by atoms with Crippen LogP contribution < -0.4 is 5.32 Å². The molecule has 6 nitrogen and oxygen atoms in total. The maximum absolute atomic E-state index is 12.0. The van der Waals surface area contributed by atoms with Gasteiger partial charge in [0.15, 0.2) is 0 Å². The Labute approximate surface area is 126 Å². The number of benzene rings is 1. The highest BCUT2D eigenvalue weighted by Crippen LogP contribution is 2.30. The molecular formula is C12H14Cl2N2O4. The Kier molecular flexibility index (Phi) is 5.33. The molecule has 0 spiro atoms. The fourth-order valence-electron chi connectivity index (χ4n) is 1.31. The van der Waals surface area contributed by atoms with Crippen molar-refractivity contribution >= 4 is 34.8 Å². The van der Waals surface area contributed by atoms with E-state index in [1.807, 2.05) is 0 Å². The molecule has 110 valence electrons. The molecule has 8 heteroatoms. The average molecular weight is 321 g/mol. The minimum atomic E-state index is -0.641. The summed E-state index contributed by atoms with van der Waals surface area (Å²) in [6.07, 6.45) is 0. The molecular weight excluding hydrogens is 307 g/mol. The van der Waals surface area contributed by atoms with Crippen molar-refractivity contribution in [1.29, 1.82) is 0 Å². The van der Waals surface area contributed by atoms with E-state index in [0.29, 0.717) is 0 Å². The van der Waals surface area contributed by atoms with Crippen LogP contribution in [-0.4, -0.2) is 30.1 Å². The van der Waals surface area contributed by atoms with E-state index in [-0.39, 0.29) is 27.8 Å². The van der Waals surface area contributed by atoms with Crippen molar-refractivity contribution in [1.82, 2.24) is 5.32 Å². The number of nitro benzene ring substituents is 1. The summed E-state index contributed by atoms with van der Waals surface area (Å²) in [5.74, 6) is -0.550. The summed E-state index contributed by atoms with van der Waals surface area (Å²) in [4.78, 5) is 22.1. The zero-order valence-electron chi connectivity index (χ0n) is 11.2. The number of nitro groups is 1. The van der Waals surface area contributed by atoms with Crippen molar-refractivity contribution in [3.8, 4) is 0 Å². The van der Waals surface area contributed by atoms with Crippen molar-refractivity contribution in [2.24, 2.45) is 0 Å². The SMILES string of the molecule is COC(C)(C)CNC(=O)c1cc([N+](=O)[O-])cc(Cl)c1Cl. The Bertz CT molecular complexity index is 547. The quantitative estimate of drug-likeness (QED) is 0.667. The fraction of sp³-hybridized carbons (Fsp3) is 0.417. The van der Waals surface area contributed by atoms with Gasteiger partial charge in [-0.3, -0.25) is 14.9 Å². The van der Waals surface area contributed by atoms with Gasteiger partial charge in [0, 0.05) is 25.8 Å². The third-order valence-electron chi connectivity index (χ3n) is 2.70. The number of halogens is 2. The monoisotopic (exact) mass is 320 g/mol. The third-order valence-corrected chi connectivity index (χ3v) is 3.50. The van der Waals surface area contributed by atoms with Crippen molar-refractivity contribution in [2.45, 2.75) is 19.4 Å². The van der Waals surface area contributed by atoms with Gasteiger partial charge in [-0.05, 0) is 13.8 Å². The fourth-order valence-corrected chi connectivity index (χ4v) is 1.71. The van der Waals surface area contributed by atoms with Crippen LogP contribution in [0.5, 0.6) is 0 Å². The van der Waals surface area contributed by atoms with Crippen LogP contribution in [0.2, 0.25) is 10.0 Å². The van der Waals surface area contributed by atoms with Gasteiger partial charge in [-0.1, -0.05) is 23.2 Å². The first-order chi connectivity index (χ1) is 9.18. The summed E-state index contributed by atoms with van der Waals surface area (Å²) in [7, 11) is 1.52. The number of hydrogen-bond donors (Lipinski definition) is 1. The van der Waals surface area contributed by atoms with Crippen molar-refractivity contribution in [2.75, 3.05) is 13.7 Å². The van der Waals surface area contributed by atoms with Crippen LogP contribution in [0.4, 0.5) is 5.69 Å². The normalized spacial score (nSPS) is 11.2. The van der Waals surface area contributed by atoms with Gasteiger partial charge < -0.3 is 10.1 Å². The van der Waals surface area contributed by atoms with Gasteiger partial charge in [0.05, 0.1) is 26.1 Å². The number of non-ortho nitro benzene ring substituents is 1. The molecule has 0 bridgehead atoms. The highest BCUT2D eigenvalue weighted by Gasteiger charge is 2.22. The van der Waals surface area contributed by atoms with E-state index < -0.39 is 16.4 Å². The Morgan fingerprint density at radius 1 is 1.45 bits per heavy atom. The number of methoxy groups -OCH3 is 1. The molecule has 0 aliphatic heterocycles. The molecule has 0 aromatic heterocycles. The lowest BCUT2D eigenvalue weighted by atomic mass is 10.1. The number of ether oxygens (including phenoxy) is 1. The van der Waals surface area contributed by atoms with Crippen LogP contribution in [-0.2, 0) is 4.74 Å². The van der Waals surface area contributed by atoms with Crippen molar-refractivity contribution < 1.29 is 14.5 Å². The van der Waals surface area contributed by atoms with Gasteiger partial charge in [-0.2, -0.15) is 0 Å². The molecule has 0 unspecified atom stereocenters. The standard InChI is InChI=1S/C12H14Cl2N2O4/c1-12(2,20-3)6-15-11(17)8-4-7(16(18)19)5-9(13)10(8)14/h4-5H,6H2,1-3H3,(H,15,17). The predicted molar refractivity (Wildman–Crippen MR) is 76.5 cm³/mol. The zero-order valence-corrected chi connectivity index (χ0v) is 12.7. The van der Waals surface area contributed by atoms with Gasteiger partial charge in [-0.15, -0.1) is 0 Å². The molecule has 20 heavy (non-hydrogen) atoms. The van der Waals surface area contributed by atoms with E-state index in [9.17, 15) is 14.9 Å². The Morgan fingerprint density at radius 2 is 2.05 bits per heavy atom. The lowest BCUT2D eigenvalue weighted by Crippen LogP contribution is -2.39. The summed E-state index contributed by atoms with van der Waals surface area (Å²) in [5.41, 5.74) is -0.902. The number of rotatable bonds is 5. The molecule has 1 aromatic carbocycles. The number of hydrogen-bond acceptors (Lipinski definition) is 4. The molecule has 1 amide bonds. The summed E-state index contributed by atoms with van der Waals surface area (Å²) in [6, 6.07) is 2.18. The molecule has 0 atom stereocenters. The third kappa shape index (κ3) is 4.06. The Hall–Kier alpha value is -1.37. The molecule has 1 aromatic rings. The van der Waals surface area contributed by atoms with Gasteiger partial charge >= 0.3 is 0 Å². The summed E-state index contributed by atoms with van der Waals surface area (Å²) in [5, 5.41) is 13.3. The van der Waals surface area contributed by atoms with Crippen LogP contribution in [0.1, 0.15) is 24.2 Å². The van der Waals surface area contributed by atoms with Crippen molar-refractivity contribution in [3.63, 3.8) is 0 Å². The number of carbonyl (C=O) groups is 1. The molecule has 0 radical (unpaired) electrons. The van der Waals surface area contributed by atoms with Gasteiger partial charge in [-0.25, -0.2) is 0 Å². The van der Waals surface area contributed by atoms with Gasteiger partial charge in [0.25, 0.3) is 11.6 Å². The second kappa shape index (κ2) is 6.39. The second-order valence-corrected chi connectivity index (χ2v) is 5.48. The van der Waals surface area contributed by atoms with E-state index in [4.69, 9.17) is 27.9 Å². The molecule has 1 N–H and O–H groups in total. The number of amides is 1. The summed E-state index contributed by atoms with van der Waals surface area (Å²) < 4.78 is 5.16. The van der Waals surface area contributed by atoms with E-state index in [2.05, 4.69) is 5.32 Å². The smallest absolute Gasteiger partial charge is 0.271 e. The first kappa shape index (κ1) is 16.7. The van der Waals surface area contributed by atoms with Gasteiger partial charge in [0.1, 0.15) is 0 Å². The van der Waals surface area contributed by atoms with E-state index in [1.54, 1.807) is 13.8 Å². The zero-order chi connectivity index (χ0) is 15.5. The predicted octanol–water partition coefficient (Wildman–Crippen LogP) is 3.06. The van der Waals surface area contributed by atoms with Gasteiger partial charge in [0.2, 0.25) is 0 Å². The molecule has 0 aliphatic carbocycles. The molecule has 0 aliphatic rings. The van der Waals surface area contributed by atoms with Crippen LogP contribution in [0.3, 0.4) is 0 Å². The molecule has 0 saturated carbocycles. The van der Waals surface area contributed by atoms with Crippen LogP contribution >= 0.6 is 23.2 Å². The highest BCUT2D eigenvalue weighted by molar-refractivity contribution is 6.44. The van der Waals surface area contributed by atoms with E-state index >= 15 is 0 Å². The van der Waals surface area contributed by atoms with Crippen LogP contribution in [0.25, 0.3) is 0 Å². The largest absolute Gasteiger partial charge is 0.377 e. The summed E-state index contributed by atoms with van der Waals surface area (Å²) in [6.45, 7) is 3.80. The number of nitrogens with one attached hydrogen (secondary N) is 1. The first-order valence-electron chi connectivity index (χ1n) is 5.65. The van der Waals surface area contributed by atoms with Crippen LogP contribution in [0.15, 0.2) is 12.1 Å². The second-order valence-electron chi connectivity index (χ2n) is 4.69. The minimum absolute atomic E-state index is 0.0232.